The van der Waals surface area contributed by atoms with Gasteiger partial charge in [0.1, 0.15) is 0 Å². The number of allylic oxidation sites excluding steroid dienone is 4. The van der Waals surface area contributed by atoms with Crippen molar-refractivity contribution in [1.82, 2.24) is 0 Å². The van der Waals surface area contributed by atoms with Crippen molar-refractivity contribution in [3.8, 4) is 33.4 Å². The second-order valence-electron chi connectivity index (χ2n) is 17.4. The minimum atomic E-state index is -0.498. The van der Waals surface area contributed by atoms with Crippen LogP contribution in [0.5, 0.6) is 0 Å². The largest absolute Gasteiger partial charge is 0.310 e. The van der Waals surface area contributed by atoms with Crippen LogP contribution >= 0.6 is 0 Å². The Morgan fingerprint density at radius 2 is 0.778 bits per heavy atom. The van der Waals surface area contributed by atoms with Gasteiger partial charge in [-0.2, -0.15) is 0 Å². The highest BCUT2D eigenvalue weighted by molar-refractivity contribution is 6.00. The molecule has 0 unspecified atom stereocenters. The lowest BCUT2D eigenvalue weighted by Crippen LogP contribution is -2.29. The van der Waals surface area contributed by atoms with Gasteiger partial charge in [-0.1, -0.05) is 206 Å². The lowest BCUT2D eigenvalue weighted by molar-refractivity contribution is 0.768. The molecular formula is C62H43N. The van der Waals surface area contributed by atoms with E-state index in [2.05, 4.69) is 242 Å². The van der Waals surface area contributed by atoms with E-state index < -0.39 is 10.8 Å². The van der Waals surface area contributed by atoms with Crippen LogP contribution in [0.15, 0.2) is 237 Å². The third kappa shape index (κ3) is 4.94. The van der Waals surface area contributed by atoms with Crippen molar-refractivity contribution < 1.29 is 0 Å². The van der Waals surface area contributed by atoms with Gasteiger partial charge in [0.15, 0.2) is 0 Å². The predicted octanol–water partition coefficient (Wildman–Crippen LogP) is 15.6. The highest BCUT2D eigenvalue weighted by Crippen LogP contribution is 2.65. The van der Waals surface area contributed by atoms with Crippen molar-refractivity contribution in [1.29, 1.82) is 0 Å². The number of nitrogens with zero attached hydrogens (tertiary/aromatic N) is 1. The summed E-state index contributed by atoms with van der Waals surface area (Å²) < 4.78 is 0. The molecule has 0 N–H and O–H groups in total. The van der Waals surface area contributed by atoms with E-state index >= 15 is 0 Å². The van der Waals surface area contributed by atoms with Crippen LogP contribution in [-0.4, -0.2) is 0 Å². The van der Waals surface area contributed by atoms with Crippen LogP contribution in [0.3, 0.4) is 0 Å². The molecule has 4 aliphatic rings. The zero-order chi connectivity index (χ0) is 41.5. The number of benzene rings is 9. The molecule has 9 aromatic rings. The molecule has 0 radical (unpaired) electrons. The molecule has 0 heterocycles. The summed E-state index contributed by atoms with van der Waals surface area (Å²) in [5, 5.41) is 0. The van der Waals surface area contributed by atoms with E-state index in [1.54, 1.807) is 0 Å². The Labute approximate surface area is 369 Å². The van der Waals surface area contributed by atoms with Crippen molar-refractivity contribution >= 4 is 22.6 Å². The van der Waals surface area contributed by atoms with Crippen LogP contribution in [0.4, 0.5) is 17.1 Å². The molecule has 1 spiro atoms. The molecule has 0 bridgehead atoms. The minimum Gasteiger partial charge on any atom is -0.310 e. The number of anilines is 3. The molecule has 0 atom stereocenters. The third-order valence-corrected chi connectivity index (χ3v) is 14.5. The first-order chi connectivity index (χ1) is 31.3. The van der Waals surface area contributed by atoms with Gasteiger partial charge in [0.2, 0.25) is 0 Å². The van der Waals surface area contributed by atoms with Crippen LogP contribution in [-0.2, 0) is 10.8 Å². The van der Waals surface area contributed by atoms with Gasteiger partial charge in [0, 0.05) is 16.9 Å². The molecule has 9 aromatic carbocycles. The van der Waals surface area contributed by atoms with Crippen LogP contribution in [0, 0.1) is 0 Å². The van der Waals surface area contributed by atoms with Crippen molar-refractivity contribution in [2.75, 3.05) is 4.90 Å². The van der Waals surface area contributed by atoms with Crippen molar-refractivity contribution in [3.05, 3.63) is 287 Å². The highest BCUT2D eigenvalue weighted by atomic mass is 15.1. The number of rotatable bonds is 6. The van der Waals surface area contributed by atoms with E-state index in [4.69, 9.17) is 0 Å². The van der Waals surface area contributed by atoms with Gasteiger partial charge in [-0.05, 0) is 127 Å². The molecule has 296 valence electrons. The Morgan fingerprint density at radius 3 is 1.29 bits per heavy atom. The molecule has 4 aliphatic carbocycles. The zero-order valence-electron chi connectivity index (χ0n) is 34.9. The standard InChI is InChI=1S/C62H43N/c1-3-18-42(19-4-1)43-34-38-46(39-35-43)63(47-40-36-45(37-41-47)61(44-20-5-2-6-21-44)54-28-12-7-22-48(54)49-23-8-13-29-55(49)61)59-33-17-27-53-52-26-11-16-32-58(52)62(60(53)59)56-30-14-9-24-50(56)51-25-10-15-31-57(51)62/h1-3,5-18,20-41H,4,19H2. The quantitative estimate of drug-likeness (QED) is 0.162. The maximum atomic E-state index is 2.53. The van der Waals surface area contributed by atoms with E-state index in [0.29, 0.717) is 0 Å². The predicted molar refractivity (Wildman–Crippen MR) is 261 cm³/mol. The van der Waals surface area contributed by atoms with Crippen molar-refractivity contribution in [2.45, 2.75) is 23.7 Å². The Hall–Kier alpha value is -7.74. The first-order valence-electron chi connectivity index (χ1n) is 22.3. The fourth-order valence-electron chi connectivity index (χ4n) is 12.0. The van der Waals surface area contributed by atoms with Crippen LogP contribution in [0.25, 0.3) is 39.0 Å². The van der Waals surface area contributed by atoms with E-state index in [0.717, 1.165) is 24.2 Å². The first kappa shape index (κ1) is 36.0. The maximum Gasteiger partial charge on any atom is 0.0746 e. The fourth-order valence-corrected chi connectivity index (χ4v) is 12.0. The topological polar surface area (TPSA) is 3.24 Å². The van der Waals surface area contributed by atoms with Gasteiger partial charge < -0.3 is 4.90 Å². The van der Waals surface area contributed by atoms with Gasteiger partial charge >= 0.3 is 0 Å². The number of fused-ring (bicyclic) bond motifs is 13. The average molecular weight is 802 g/mol. The molecule has 0 saturated carbocycles. The summed E-state index contributed by atoms with van der Waals surface area (Å²) in [7, 11) is 0. The summed E-state index contributed by atoms with van der Waals surface area (Å²) in [6.07, 6.45) is 8.87. The van der Waals surface area contributed by atoms with Gasteiger partial charge in [-0.15, -0.1) is 0 Å². The molecule has 0 saturated heterocycles. The molecule has 0 fully saturated rings. The Kier molecular flexibility index (Phi) is 7.93. The average Bonchev–Trinajstić information content (AvgIpc) is 3.96. The van der Waals surface area contributed by atoms with Gasteiger partial charge in [-0.3, -0.25) is 0 Å². The molecule has 63 heavy (non-hydrogen) atoms. The first-order valence-corrected chi connectivity index (χ1v) is 22.3. The fraction of sp³-hybridized carbons (Fsp3) is 0.0645. The molecule has 0 amide bonds. The lowest BCUT2D eigenvalue weighted by Gasteiger charge is -2.36. The monoisotopic (exact) mass is 801 g/mol. The zero-order valence-corrected chi connectivity index (χ0v) is 34.9. The highest BCUT2D eigenvalue weighted by Gasteiger charge is 2.53. The molecule has 0 aromatic heterocycles. The molecule has 1 heteroatoms. The summed E-state index contributed by atoms with van der Waals surface area (Å²) in [6, 6.07) is 82.3. The van der Waals surface area contributed by atoms with E-state index in [1.165, 1.54) is 94.7 Å². The Balaban J connectivity index is 1.06. The summed E-state index contributed by atoms with van der Waals surface area (Å²) in [5.41, 5.74) is 23.5. The number of hydrogen-bond donors (Lipinski definition) is 0. The Morgan fingerprint density at radius 1 is 0.349 bits per heavy atom. The summed E-state index contributed by atoms with van der Waals surface area (Å²) in [4.78, 5) is 2.53. The normalized spacial score (nSPS) is 15.1. The van der Waals surface area contributed by atoms with Crippen molar-refractivity contribution in [2.24, 2.45) is 0 Å². The van der Waals surface area contributed by atoms with E-state index in [1.807, 2.05) is 0 Å². The second kappa shape index (κ2) is 13.9. The van der Waals surface area contributed by atoms with Gasteiger partial charge in [0.25, 0.3) is 0 Å². The molecule has 0 aliphatic heterocycles. The van der Waals surface area contributed by atoms with E-state index in [9.17, 15) is 0 Å². The Bertz CT molecular complexity index is 3220. The summed E-state index contributed by atoms with van der Waals surface area (Å²) in [5.74, 6) is 0. The van der Waals surface area contributed by atoms with Gasteiger partial charge in [0.05, 0.1) is 16.5 Å². The minimum absolute atomic E-state index is 0.474. The summed E-state index contributed by atoms with van der Waals surface area (Å²) in [6.45, 7) is 0. The van der Waals surface area contributed by atoms with Crippen LogP contribution in [0.2, 0.25) is 0 Å². The summed E-state index contributed by atoms with van der Waals surface area (Å²) >= 11 is 0. The third-order valence-electron chi connectivity index (χ3n) is 14.5. The van der Waals surface area contributed by atoms with Crippen LogP contribution in [0.1, 0.15) is 62.9 Å². The number of hydrogen-bond acceptors (Lipinski definition) is 1. The molecular weight excluding hydrogens is 759 g/mol. The maximum absolute atomic E-state index is 2.53. The molecule has 13 rings (SSSR count). The lowest BCUT2D eigenvalue weighted by atomic mass is 9.67. The van der Waals surface area contributed by atoms with E-state index in [-0.39, 0.29) is 0 Å². The SMILES string of the molecule is C1=CCCC(c2ccc(N(c3ccc(C4(c5ccccc5)c5ccccc5-c5ccccc54)cc3)c3cccc4c3C3(c5ccccc5-c5ccccc53)c3ccccc3-4)cc2)=C1. The second-order valence-corrected chi connectivity index (χ2v) is 17.4. The molecule has 1 nitrogen and oxygen atoms in total. The van der Waals surface area contributed by atoms with Crippen LogP contribution < -0.4 is 4.90 Å². The van der Waals surface area contributed by atoms with Gasteiger partial charge in [-0.25, -0.2) is 0 Å². The smallest absolute Gasteiger partial charge is 0.0746 e. The van der Waals surface area contributed by atoms with Crippen molar-refractivity contribution in [3.63, 3.8) is 0 Å².